The molecule has 4 heteroatoms. The van der Waals surface area contributed by atoms with E-state index < -0.39 is 5.97 Å². The van der Waals surface area contributed by atoms with Crippen molar-refractivity contribution >= 4 is 17.6 Å². The summed E-state index contributed by atoms with van der Waals surface area (Å²) in [5.74, 6) is -1.24. The first-order valence-electron chi connectivity index (χ1n) is 5.48. The fourth-order valence-electron chi connectivity index (χ4n) is 1.44. The van der Waals surface area contributed by atoms with E-state index in [9.17, 15) is 9.59 Å². The van der Waals surface area contributed by atoms with Gasteiger partial charge in [-0.3, -0.25) is 4.79 Å². The topological polar surface area (TPSA) is 66.4 Å². The van der Waals surface area contributed by atoms with Crippen molar-refractivity contribution in [3.8, 4) is 0 Å². The normalized spacial score (nSPS) is 10.4. The van der Waals surface area contributed by atoms with E-state index in [-0.39, 0.29) is 17.4 Å². The third-order valence-corrected chi connectivity index (χ3v) is 2.69. The number of hydrogen-bond acceptors (Lipinski definition) is 2. The predicted molar refractivity (Wildman–Crippen MR) is 66.3 cm³/mol. The van der Waals surface area contributed by atoms with Gasteiger partial charge >= 0.3 is 5.97 Å². The Kier molecular flexibility index (Phi) is 3.89. The van der Waals surface area contributed by atoms with Gasteiger partial charge in [0.1, 0.15) is 0 Å². The Morgan fingerprint density at radius 1 is 1.24 bits per heavy atom. The van der Waals surface area contributed by atoms with Crippen LogP contribution in [0, 0.1) is 19.8 Å². The number of nitrogens with one attached hydrogen (secondary N) is 1. The molecule has 1 aromatic carbocycles. The van der Waals surface area contributed by atoms with Crippen molar-refractivity contribution < 1.29 is 14.7 Å². The fraction of sp³-hybridized carbons (Fsp3) is 0.385. The standard InChI is InChI=1S/C13H17NO3/c1-7(2)12(15)14-10-5-8(3)9(4)11(6-10)13(16)17/h5-7H,1-4H3,(H,14,15)(H,16,17). The van der Waals surface area contributed by atoms with E-state index in [1.807, 2.05) is 6.92 Å². The zero-order valence-electron chi connectivity index (χ0n) is 10.5. The minimum absolute atomic E-state index is 0.121. The Morgan fingerprint density at radius 3 is 2.29 bits per heavy atom. The Labute approximate surface area is 101 Å². The zero-order chi connectivity index (χ0) is 13.2. The van der Waals surface area contributed by atoms with E-state index in [0.717, 1.165) is 11.1 Å². The smallest absolute Gasteiger partial charge is 0.336 e. The van der Waals surface area contributed by atoms with Gasteiger partial charge in [-0.05, 0) is 37.1 Å². The highest BCUT2D eigenvalue weighted by Gasteiger charge is 2.13. The molecule has 0 spiro atoms. The molecule has 0 aliphatic rings. The first-order valence-corrected chi connectivity index (χ1v) is 5.48. The number of carbonyl (C=O) groups is 2. The third-order valence-electron chi connectivity index (χ3n) is 2.69. The quantitative estimate of drug-likeness (QED) is 0.846. The maximum atomic E-state index is 11.5. The molecule has 0 aliphatic heterocycles. The number of benzene rings is 1. The molecule has 0 saturated carbocycles. The average molecular weight is 235 g/mol. The second-order valence-corrected chi connectivity index (χ2v) is 4.41. The number of carbonyl (C=O) groups excluding carboxylic acids is 1. The Balaban J connectivity index is 3.11. The maximum Gasteiger partial charge on any atom is 0.336 e. The van der Waals surface area contributed by atoms with Crippen LogP contribution in [0.5, 0.6) is 0 Å². The van der Waals surface area contributed by atoms with Gasteiger partial charge in [0.25, 0.3) is 0 Å². The number of aromatic carboxylic acids is 1. The molecule has 1 amide bonds. The molecule has 0 unspecified atom stereocenters. The van der Waals surface area contributed by atoms with Crippen LogP contribution < -0.4 is 5.32 Å². The van der Waals surface area contributed by atoms with Crippen molar-refractivity contribution in [1.29, 1.82) is 0 Å². The molecule has 4 nitrogen and oxygen atoms in total. The highest BCUT2D eigenvalue weighted by molar-refractivity contribution is 5.95. The molecule has 0 saturated heterocycles. The maximum absolute atomic E-state index is 11.5. The van der Waals surface area contributed by atoms with Gasteiger partial charge in [-0.1, -0.05) is 13.8 Å². The van der Waals surface area contributed by atoms with Crippen LogP contribution >= 0.6 is 0 Å². The summed E-state index contributed by atoms with van der Waals surface area (Å²) in [4.78, 5) is 22.6. The van der Waals surface area contributed by atoms with Crippen LogP contribution in [0.2, 0.25) is 0 Å². The number of carboxylic acids is 1. The lowest BCUT2D eigenvalue weighted by Crippen LogP contribution is -2.18. The molecule has 0 fully saturated rings. The van der Waals surface area contributed by atoms with Crippen molar-refractivity contribution in [3.63, 3.8) is 0 Å². The van der Waals surface area contributed by atoms with Gasteiger partial charge in [0.15, 0.2) is 0 Å². The van der Waals surface area contributed by atoms with Crippen molar-refractivity contribution in [3.05, 3.63) is 28.8 Å². The summed E-state index contributed by atoms with van der Waals surface area (Å²) in [7, 11) is 0. The molecule has 17 heavy (non-hydrogen) atoms. The molecular formula is C13H17NO3. The Hall–Kier alpha value is -1.84. The minimum atomic E-state index is -0.980. The van der Waals surface area contributed by atoms with Crippen LogP contribution in [-0.4, -0.2) is 17.0 Å². The molecule has 1 aromatic rings. The number of hydrogen-bond donors (Lipinski definition) is 2. The first-order chi connectivity index (χ1) is 7.82. The molecule has 92 valence electrons. The number of amides is 1. The largest absolute Gasteiger partial charge is 0.478 e. The van der Waals surface area contributed by atoms with Crippen molar-refractivity contribution in [2.75, 3.05) is 5.32 Å². The Bertz CT molecular complexity index is 464. The van der Waals surface area contributed by atoms with Gasteiger partial charge in [-0.25, -0.2) is 4.79 Å². The van der Waals surface area contributed by atoms with Crippen LogP contribution in [0.1, 0.15) is 35.3 Å². The van der Waals surface area contributed by atoms with Crippen LogP contribution in [0.4, 0.5) is 5.69 Å². The third kappa shape index (κ3) is 3.06. The van der Waals surface area contributed by atoms with Gasteiger partial charge in [0.05, 0.1) is 5.56 Å². The van der Waals surface area contributed by atoms with Gasteiger partial charge in [0.2, 0.25) is 5.91 Å². The van der Waals surface area contributed by atoms with E-state index in [1.54, 1.807) is 26.8 Å². The lowest BCUT2D eigenvalue weighted by Gasteiger charge is -2.12. The van der Waals surface area contributed by atoms with Gasteiger partial charge in [0, 0.05) is 11.6 Å². The number of anilines is 1. The highest BCUT2D eigenvalue weighted by atomic mass is 16.4. The van der Waals surface area contributed by atoms with E-state index >= 15 is 0 Å². The second-order valence-electron chi connectivity index (χ2n) is 4.41. The summed E-state index contributed by atoms with van der Waals surface area (Å²) in [5, 5.41) is 11.7. The van der Waals surface area contributed by atoms with Crippen LogP contribution in [-0.2, 0) is 4.79 Å². The average Bonchev–Trinajstić information content (AvgIpc) is 2.22. The summed E-state index contributed by atoms with van der Waals surface area (Å²) in [6.45, 7) is 7.16. The summed E-state index contributed by atoms with van der Waals surface area (Å²) in [6, 6.07) is 3.27. The minimum Gasteiger partial charge on any atom is -0.478 e. The number of aryl methyl sites for hydroxylation is 1. The molecule has 0 aliphatic carbocycles. The summed E-state index contributed by atoms with van der Waals surface area (Å²) in [6.07, 6.45) is 0. The number of carboxylic acid groups (broad SMARTS) is 1. The van der Waals surface area contributed by atoms with Gasteiger partial charge < -0.3 is 10.4 Å². The molecule has 2 N–H and O–H groups in total. The molecule has 0 radical (unpaired) electrons. The molecular weight excluding hydrogens is 218 g/mol. The van der Waals surface area contributed by atoms with E-state index in [4.69, 9.17) is 5.11 Å². The summed E-state index contributed by atoms with van der Waals surface area (Å²) >= 11 is 0. The monoisotopic (exact) mass is 235 g/mol. The van der Waals surface area contributed by atoms with Crippen LogP contribution in [0.15, 0.2) is 12.1 Å². The van der Waals surface area contributed by atoms with Crippen LogP contribution in [0.25, 0.3) is 0 Å². The first kappa shape index (κ1) is 13.2. The fourth-order valence-corrected chi connectivity index (χ4v) is 1.44. The van der Waals surface area contributed by atoms with E-state index in [2.05, 4.69) is 5.32 Å². The lowest BCUT2D eigenvalue weighted by atomic mass is 10.0. The highest BCUT2D eigenvalue weighted by Crippen LogP contribution is 2.20. The number of rotatable bonds is 3. The van der Waals surface area contributed by atoms with Crippen molar-refractivity contribution in [2.45, 2.75) is 27.7 Å². The Morgan fingerprint density at radius 2 is 1.82 bits per heavy atom. The molecule has 1 rings (SSSR count). The predicted octanol–water partition coefficient (Wildman–Crippen LogP) is 2.60. The summed E-state index contributed by atoms with van der Waals surface area (Å²) in [5.41, 5.74) is 2.33. The SMILES string of the molecule is Cc1cc(NC(=O)C(C)C)cc(C(=O)O)c1C. The van der Waals surface area contributed by atoms with E-state index in [1.165, 1.54) is 6.07 Å². The van der Waals surface area contributed by atoms with E-state index in [0.29, 0.717) is 5.69 Å². The molecule has 0 atom stereocenters. The zero-order valence-corrected chi connectivity index (χ0v) is 10.5. The second kappa shape index (κ2) is 4.99. The molecule has 0 aromatic heterocycles. The van der Waals surface area contributed by atoms with Crippen LogP contribution in [0.3, 0.4) is 0 Å². The van der Waals surface area contributed by atoms with Crippen molar-refractivity contribution in [1.82, 2.24) is 0 Å². The summed E-state index contributed by atoms with van der Waals surface area (Å²) < 4.78 is 0. The lowest BCUT2D eigenvalue weighted by molar-refractivity contribution is -0.118. The van der Waals surface area contributed by atoms with Gasteiger partial charge in [-0.2, -0.15) is 0 Å². The van der Waals surface area contributed by atoms with Gasteiger partial charge in [-0.15, -0.1) is 0 Å². The molecule has 0 bridgehead atoms. The van der Waals surface area contributed by atoms with Crippen molar-refractivity contribution in [2.24, 2.45) is 5.92 Å². The molecule has 0 heterocycles.